The van der Waals surface area contributed by atoms with Crippen LogP contribution in [0, 0.1) is 11.6 Å². The molecule has 11 heteroatoms. The van der Waals surface area contributed by atoms with Crippen molar-refractivity contribution in [2.75, 3.05) is 71.7 Å². The summed E-state index contributed by atoms with van der Waals surface area (Å²) >= 11 is 0. The average Bonchev–Trinajstić information content (AvgIpc) is 3.06. The highest BCUT2D eigenvalue weighted by atomic mass is 19.1. The molecule has 0 saturated carbocycles. The van der Waals surface area contributed by atoms with E-state index in [2.05, 4.69) is 5.32 Å². The minimum absolute atomic E-state index is 0.0349. The molecule has 3 aromatic carbocycles. The number of anilines is 1. The fourth-order valence-electron chi connectivity index (χ4n) is 5.80. The van der Waals surface area contributed by atoms with E-state index in [1.807, 2.05) is 43.0 Å². The number of amides is 2. The van der Waals surface area contributed by atoms with Gasteiger partial charge in [-0.1, -0.05) is 32.0 Å². The molecule has 1 N–H and O–H groups in total. The van der Waals surface area contributed by atoms with Crippen LogP contribution in [-0.4, -0.2) is 82.3 Å². The first-order chi connectivity index (χ1) is 22.2. The van der Waals surface area contributed by atoms with Crippen molar-refractivity contribution in [2.24, 2.45) is 0 Å². The summed E-state index contributed by atoms with van der Waals surface area (Å²) in [6, 6.07) is 16.1. The quantitative estimate of drug-likeness (QED) is 0.218. The molecule has 0 aliphatic carbocycles. The van der Waals surface area contributed by atoms with Crippen LogP contribution in [0.15, 0.2) is 65.5 Å². The minimum Gasteiger partial charge on any atom is -0.497 e. The number of fused-ring (bicyclic) bond motifs is 1. The second-order valence-corrected chi connectivity index (χ2v) is 11.4. The number of carbonyl (C=O) groups is 1. The van der Waals surface area contributed by atoms with E-state index in [0.717, 1.165) is 5.56 Å². The van der Waals surface area contributed by atoms with Crippen LogP contribution in [-0.2, 0) is 9.47 Å². The van der Waals surface area contributed by atoms with E-state index in [1.165, 1.54) is 31.4 Å². The second kappa shape index (κ2) is 14.7. The smallest absolute Gasteiger partial charge is 0.317 e. The molecule has 0 atom stereocenters. The Kier molecular flexibility index (Phi) is 10.5. The van der Waals surface area contributed by atoms with Gasteiger partial charge in [0.05, 0.1) is 43.8 Å². The number of ether oxygens (including phenoxy) is 3. The molecule has 0 radical (unpaired) electrons. The monoisotopic (exact) mass is 634 g/mol. The standard InChI is InChI=1S/C35H40F2N4O5/c1-23(2)25-7-5-6-8-31(25)41-33-21-27(26-10-9-24(45-4)19-29(26)36)30(37)20-28(33)32(22-34(41)42)39-12-14-40(15-13-39)35(43)38-11-16-46-18-17-44-3/h5-10,19-23H,11-18H2,1-4H3,(H,38,43). The highest BCUT2D eigenvalue weighted by molar-refractivity contribution is 5.96. The normalized spacial score (nSPS) is 13.5. The van der Waals surface area contributed by atoms with Gasteiger partial charge in [-0.25, -0.2) is 13.6 Å². The Labute approximate surface area is 267 Å². The van der Waals surface area contributed by atoms with Crippen LogP contribution in [0.2, 0.25) is 0 Å². The molecule has 9 nitrogen and oxygen atoms in total. The SMILES string of the molecule is COCCOCCNC(=O)N1CCN(c2cc(=O)n(-c3ccccc3C(C)C)c3cc(-c4ccc(OC)cc4F)c(F)cc23)CC1. The summed E-state index contributed by atoms with van der Waals surface area (Å²) < 4.78 is 48.3. The zero-order valence-electron chi connectivity index (χ0n) is 26.6. The Morgan fingerprint density at radius 3 is 2.30 bits per heavy atom. The van der Waals surface area contributed by atoms with E-state index in [9.17, 15) is 9.59 Å². The van der Waals surface area contributed by atoms with Crippen LogP contribution in [0.5, 0.6) is 5.75 Å². The van der Waals surface area contributed by atoms with Gasteiger partial charge in [-0.15, -0.1) is 0 Å². The van der Waals surface area contributed by atoms with E-state index in [-0.39, 0.29) is 28.6 Å². The molecule has 244 valence electrons. The van der Waals surface area contributed by atoms with E-state index in [4.69, 9.17) is 14.2 Å². The number of carbonyl (C=O) groups excluding carboxylic acids is 1. The van der Waals surface area contributed by atoms with Crippen molar-refractivity contribution in [3.8, 4) is 22.6 Å². The lowest BCUT2D eigenvalue weighted by atomic mass is 9.98. The number of nitrogens with one attached hydrogen (secondary N) is 1. The topological polar surface area (TPSA) is 85.3 Å². The minimum atomic E-state index is -0.638. The van der Waals surface area contributed by atoms with Crippen molar-refractivity contribution in [3.05, 3.63) is 88.2 Å². The van der Waals surface area contributed by atoms with E-state index in [0.29, 0.717) is 80.6 Å². The molecule has 0 spiro atoms. The molecular weight excluding hydrogens is 594 g/mol. The zero-order chi connectivity index (χ0) is 32.8. The third kappa shape index (κ3) is 7.00. The van der Waals surface area contributed by atoms with Gasteiger partial charge in [-0.2, -0.15) is 0 Å². The van der Waals surface area contributed by atoms with Gasteiger partial charge in [0, 0.05) is 68.5 Å². The third-order valence-corrected chi connectivity index (χ3v) is 8.21. The van der Waals surface area contributed by atoms with Gasteiger partial charge in [-0.3, -0.25) is 9.36 Å². The predicted molar refractivity (Wildman–Crippen MR) is 175 cm³/mol. The Hall–Kier alpha value is -4.48. The first kappa shape index (κ1) is 32.9. The number of hydrogen-bond acceptors (Lipinski definition) is 6. The van der Waals surface area contributed by atoms with Gasteiger partial charge in [0.15, 0.2) is 0 Å². The maximum Gasteiger partial charge on any atom is 0.317 e. The predicted octanol–water partition coefficient (Wildman–Crippen LogP) is 5.56. The number of piperazine rings is 1. The maximum absolute atomic E-state index is 16.0. The van der Waals surface area contributed by atoms with Crippen molar-refractivity contribution in [1.82, 2.24) is 14.8 Å². The fraction of sp³-hybridized carbons (Fsp3) is 0.371. The van der Waals surface area contributed by atoms with Crippen LogP contribution < -0.4 is 20.5 Å². The van der Waals surface area contributed by atoms with E-state index in [1.54, 1.807) is 28.7 Å². The average molecular weight is 635 g/mol. The summed E-state index contributed by atoms with van der Waals surface area (Å²) in [6.45, 7) is 7.49. The summed E-state index contributed by atoms with van der Waals surface area (Å²) in [7, 11) is 3.03. The molecule has 1 saturated heterocycles. The molecule has 1 aromatic heterocycles. The number of hydrogen-bond donors (Lipinski definition) is 1. The molecule has 0 unspecified atom stereocenters. The number of aromatic nitrogens is 1. The van der Waals surface area contributed by atoms with Crippen LogP contribution >= 0.6 is 0 Å². The van der Waals surface area contributed by atoms with Crippen LogP contribution in [0.3, 0.4) is 0 Å². The lowest BCUT2D eigenvalue weighted by Gasteiger charge is -2.36. The van der Waals surface area contributed by atoms with Gasteiger partial charge >= 0.3 is 6.03 Å². The second-order valence-electron chi connectivity index (χ2n) is 11.4. The zero-order valence-corrected chi connectivity index (χ0v) is 26.6. The molecule has 46 heavy (non-hydrogen) atoms. The largest absolute Gasteiger partial charge is 0.497 e. The molecule has 1 aliphatic rings. The van der Waals surface area contributed by atoms with Crippen molar-refractivity contribution in [1.29, 1.82) is 0 Å². The number of benzene rings is 3. The molecule has 0 bridgehead atoms. The number of halogens is 2. The summed E-state index contributed by atoms with van der Waals surface area (Å²) in [6.07, 6.45) is 0. The lowest BCUT2D eigenvalue weighted by molar-refractivity contribution is 0.0720. The summed E-state index contributed by atoms with van der Waals surface area (Å²) in [5.41, 5.74) is 2.44. The summed E-state index contributed by atoms with van der Waals surface area (Å²) in [4.78, 5) is 30.4. The van der Waals surface area contributed by atoms with Gasteiger partial charge in [0.1, 0.15) is 17.4 Å². The first-order valence-corrected chi connectivity index (χ1v) is 15.4. The highest BCUT2D eigenvalue weighted by Gasteiger charge is 2.25. The van der Waals surface area contributed by atoms with Gasteiger partial charge in [0.2, 0.25) is 0 Å². The molecule has 2 amide bonds. The van der Waals surface area contributed by atoms with Gasteiger partial charge < -0.3 is 29.3 Å². The molecule has 5 rings (SSSR count). The molecule has 2 heterocycles. The maximum atomic E-state index is 16.0. The number of rotatable bonds is 11. The van der Waals surface area contributed by atoms with E-state index >= 15 is 8.78 Å². The fourth-order valence-corrected chi connectivity index (χ4v) is 5.80. The van der Waals surface area contributed by atoms with Gasteiger partial charge in [0.25, 0.3) is 5.56 Å². The van der Waals surface area contributed by atoms with Crippen LogP contribution in [0.1, 0.15) is 25.3 Å². The first-order valence-electron chi connectivity index (χ1n) is 15.4. The number of methoxy groups -OCH3 is 2. The Morgan fingerprint density at radius 1 is 0.870 bits per heavy atom. The number of para-hydroxylation sites is 1. The van der Waals surface area contributed by atoms with Crippen LogP contribution in [0.25, 0.3) is 27.7 Å². The molecule has 4 aromatic rings. The molecule has 1 aliphatic heterocycles. The number of nitrogens with zero attached hydrogens (tertiary/aromatic N) is 3. The molecule has 1 fully saturated rings. The third-order valence-electron chi connectivity index (χ3n) is 8.21. The van der Waals surface area contributed by atoms with Crippen molar-refractivity contribution in [2.45, 2.75) is 19.8 Å². The van der Waals surface area contributed by atoms with E-state index < -0.39 is 11.6 Å². The number of urea groups is 1. The highest BCUT2D eigenvalue weighted by Crippen LogP contribution is 2.36. The molecular formula is C35H40F2N4O5. The Balaban J connectivity index is 1.52. The lowest BCUT2D eigenvalue weighted by Crippen LogP contribution is -2.52. The Bertz CT molecular complexity index is 1750. The van der Waals surface area contributed by atoms with Crippen LogP contribution in [0.4, 0.5) is 19.3 Å². The number of pyridine rings is 1. The summed E-state index contributed by atoms with van der Waals surface area (Å²) in [5.74, 6) is -0.837. The Morgan fingerprint density at radius 2 is 1.61 bits per heavy atom. The summed E-state index contributed by atoms with van der Waals surface area (Å²) in [5, 5.41) is 3.38. The van der Waals surface area contributed by atoms with Crippen molar-refractivity contribution >= 4 is 22.6 Å². The van der Waals surface area contributed by atoms with Gasteiger partial charge in [-0.05, 0) is 41.8 Å². The van der Waals surface area contributed by atoms with Crippen molar-refractivity contribution < 1.29 is 27.8 Å². The van der Waals surface area contributed by atoms with Crippen molar-refractivity contribution in [3.63, 3.8) is 0 Å².